The van der Waals surface area contributed by atoms with E-state index < -0.39 is 44.9 Å². The molecule has 20 heavy (non-hydrogen) atoms. The quantitative estimate of drug-likeness (QED) is 0.689. The van der Waals surface area contributed by atoms with Crippen LogP contribution in [0.5, 0.6) is 0 Å². The van der Waals surface area contributed by atoms with E-state index in [2.05, 4.69) is 4.72 Å². The van der Waals surface area contributed by atoms with E-state index in [-0.39, 0.29) is 5.92 Å². The van der Waals surface area contributed by atoms with Crippen LogP contribution in [0.2, 0.25) is 0 Å². The summed E-state index contributed by atoms with van der Waals surface area (Å²) in [7, 11) is -4.22. The first-order chi connectivity index (χ1) is 9.17. The number of benzene rings is 1. The maximum absolute atomic E-state index is 13.6. The van der Waals surface area contributed by atoms with Gasteiger partial charge >= 0.3 is 0 Å². The minimum atomic E-state index is -4.22. The van der Waals surface area contributed by atoms with Gasteiger partial charge < -0.3 is 10.8 Å². The summed E-state index contributed by atoms with van der Waals surface area (Å²) in [4.78, 5) is -0.737. The third-order valence-corrected chi connectivity index (χ3v) is 4.17. The summed E-state index contributed by atoms with van der Waals surface area (Å²) in [6, 6.07) is 0.391. The Hall–Kier alpha value is -1.25. The molecule has 1 aromatic rings. The number of anilines is 1. The number of hydrogen-bond acceptors (Lipinski definition) is 4. The largest absolute Gasteiger partial charge is 0.396 e. The molecule has 0 heterocycles. The van der Waals surface area contributed by atoms with Crippen LogP contribution in [0.15, 0.2) is 17.0 Å². The SMILES string of the molecule is CC(C)CC(CO)NS(=O)(=O)c1cc(N)c(F)cc1F. The van der Waals surface area contributed by atoms with Crippen molar-refractivity contribution in [3.63, 3.8) is 0 Å². The Morgan fingerprint density at radius 3 is 2.40 bits per heavy atom. The first-order valence-electron chi connectivity index (χ1n) is 6.05. The smallest absolute Gasteiger partial charge is 0.243 e. The lowest BCUT2D eigenvalue weighted by Gasteiger charge is -2.18. The van der Waals surface area contributed by atoms with Crippen molar-refractivity contribution < 1.29 is 22.3 Å². The minimum Gasteiger partial charge on any atom is -0.396 e. The fraction of sp³-hybridized carbons (Fsp3) is 0.500. The number of sulfonamides is 1. The van der Waals surface area contributed by atoms with E-state index in [0.717, 1.165) is 6.07 Å². The van der Waals surface area contributed by atoms with Crippen molar-refractivity contribution >= 4 is 15.7 Å². The molecule has 0 saturated carbocycles. The molecule has 1 atom stereocenters. The van der Waals surface area contributed by atoms with E-state index in [1.54, 1.807) is 0 Å². The zero-order valence-corrected chi connectivity index (χ0v) is 12.0. The van der Waals surface area contributed by atoms with Crippen LogP contribution in [0.1, 0.15) is 20.3 Å². The summed E-state index contributed by atoms with van der Waals surface area (Å²) >= 11 is 0. The molecule has 0 amide bonds. The third kappa shape index (κ3) is 4.12. The molecule has 0 bridgehead atoms. The highest BCUT2D eigenvalue weighted by atomic mass is 32.2. The van der Waals surface area contributed by atoms with E-state index in [0.29, 0.717) is 12.5 Å². The van der Waals surface area contributed by atoms with Crippen molar-refractivity contribution in [1.82, 2.24) is 4.72 Å². The third-order valence-electron chi connectivity index (χ3n) is 2.64. The van der Waals surface area contributed by atoms with Crippen LogP contribution in [0.3, 0.4) is 0 Å². The average molecular weight is 308 g/mol. The minimum absolute atomic E-state index is 0.137. The highest BCUT2D eigenvalue weighted by Gasteiger charge is 2.24. The van der Waals surface area contributed by atoms with Gasteiger partial charge in [-0.1, -0.05) is 13.8 Å². The highest BCUT2D eigenvalue weighted by molar-refractivity contribution is 7.89. The van der Waals surface area contributed by atoms with Crippen LogP contribution in [0.25, 0.3) is 0 Å². The zero-order valence-electron chi connectivity index (χ0n) is 11.2. The highest BCUT2D eigenvalue weighted by Crippen LogP contribution is 2.21. The normalized spacial score (nSPS) is 13.7. The number of nitrogen functional groups attached to an aromatic ring is 1. The van der Waals surface area contributed by atoms with E-state index in [1.165, 1.54) is 0 Å². The number of nitrogens with one attached hydrogen (secondary N) is 1. The first kappa shape index (κ1) is 16.8. The van der Waals surface area contributed by atoms with Crippen molar-refractivity contribution in [1.29, 1.82) is 0 Å². The summed E-state index contributed by atoms with van der Waals surface area (Å²) in [5.41, 5.74) is 4.79. The lowest BCUT2D eigenvalue weighted by molar-refractivity contribution is 0.240. The molecular formula is C12H18F2N2O3S. The molecule has 0 aliphatic heterocycles. The maximum atomic E-state index is 13.6. The predicted octanol–water partition coefficient (Wildman–Crippen LogP) is 1.23. The Labute approximate surface area is 116 Å². The molecule has 4 N–H and O–H groups in total. The predicted molar refractivity (Wildman–Crippen MR) is 71.4 cm³/mol. The molecule has 0 aliphatic rings. The molecular weight excluding hydrogens is 290 g/mol. The van der Waals surface area contributed by atoms with Gasteiger partial charge in [0.05, 0.1) is 12.3 Å². The Kier molecular flexibility index (Phi) is 5.43. The molecule has 0 saturated heterocycles. The van der Waals surface area contributed by atoms with Gasteiger partial charge in [0.25, 0.3) is 0 Å². The number of aliphatic hydroxyl groups excluding tert-OH is 1. The van der Waals surface area contributed by atoms with Crippen LogP contribution in [-0.2, 0) is 10.0 Å². The summed E-state index contributed by atoms with van der Waals surface area (Å²) in [5, 5.41) is 9.15. The number of hydrogen-bond donors (Lipinski definition) is 3. The van der Waals surface area contributed by atoms with Crippen LogP contribution in [-0.4, -0.2) is 26.2 Å². The molecule has 0 aliphatic carbocycles. The van der Waals surface area contributed by atoms with Crippen molar-refractivity contribution in [2.45, 2.75) is 31.2 Å². The van der Waals surface area contributed by atoms with Gasteiger partial charge in [-0.25, -0.2) is 21.9 Å². The molecule has 114 valence electrons. The van der Waals surface area contributed by atoms with Crippen LogP contribution < -0.4 is 10.5 Å². The monoisotopic (exact) mass is 308 g/mol. The Bertz CT molecular complexity index is 576. The average Bonchev–Trinajstić information content (AvgIpc) is 2.31. The van der Waals surface area contributed by atoms with Gasteiger partial charge in [-0.3, -0.25) is 0 Å². The lowest BCUT2D eigenvalue weighted by Crippen LogP contribution is -2.38. The Balaban J connectivity index is 3.08. The fourth-order valence-corrected chi connectivity index (χ4v) is 3.10. The van der Waals surface area contributed by atoms with Crippen LogP contribution in [0, 0.1) is 17.6 Å². The van der Waals surface area contributed by atoms with Gasteiger partial charge in [0, 0.05) is 12.1 Å². The first-order valence-corrected chi connectivity index (χ1v) is 7.53. The number of nitrogens with two attached hydrogens (primary N) is 1. The Morgan fingerprint density at radius 1 is 1.30 bits per heavy atom. The summed E-state index contributed by atoms with van der Waals surface area (Å²) in [6.07, 6.45) is 0.383. The number of rotatable bonds is 6. The van der Waals surface area contributed by atoms with Gasteiger partial charge in [-0.15, -0.1) is 0 Å². The van der Waals surface area contributed by atoms with Crippen molar-refractivity contribution in [3.05, 3.63) is 23.8 Å². The van der Waals surface area contributed by atoms with Gasteiger partial charge in [0.15, 0.2) is 0 Å². The van der Waals surface area contributed by atoms with E-state index in [4.69, 9.17) is 10.8 Å². The topological polar surface area (TPSA) is 92.4 Å². The fourth-order valence-electron chi connectivity index (χ4n) is 1.76. The Morgan fingerprint density at radius 2 is 1.90 bits per heavy atom. The van der Waals surface area contributed by atoms with Crippen LogP contribution >= 0.6 is 0 Å². The van der Waals surface area contributed by atoms with Gasteiger partial charge in [0.2, 0.25) is 10.0 Å². The van der Waals surface area contributed by atoms with Crippen molar-refractivity contribution in [2.24, 2.45) is 5.92 Å². The standard InChI is InChI=1S/C12H18F2N2O3S/c1-7(2)3-8(6-17)16-20(18,19)12-5-11(15)9(13)4-10(12)14/h4-5,7-8,16-17H,3,6,15H2,1-2H3. The number of halogens is 2. The number of aliphatic hydroxyl groups is 1. The van der Waals surface area contributed by atoms with E-state index >= 15 is 0 Å². The molecule has 1 unspecified atom stereocenters. The zero-order chi connectivity index (χ0) is 15.5. The van der Waals surface area contributed by atoms with Crippen LogP contribution in [0.4, 0.5) is 14.5 Å². The van der Waals surface area contributed by atoms with Gasteiger partial charge in [-0.2, -0.15) is 0 Å². The second-order valence-corrected chi connectivity index (χ2v) is 6.62. The molecule has 0 aromatic heterocycles. The van der Waals surface area contributed by atoms with Gasteiger partial charge in [-0.05, 0) is 18.4 Å². The molecule has 1 rings (SSSR count). The molecule has 5 nitrogen and oxygen atoms in total. The molecule has 0 radical (unpaired) electrons. The van der Waals surface area contributed by atoms with Crippen molar-refractivity contribution in [3.8, 4) is 0 Å². The summed E-state index contributed by atoms with van der Waals surface area (Å²) in [6.45, 7) is 3.29. The second kappa shape index (κ2) is 6.47. The molecule has 8 heteroatoms. The molecule has 0 spiro atoms. The second-order valence-electron chi connectivity index (χ2n) is 4.93. The molecule has 1 aromatic carbocycles. The van der Waals surface area contributed by atoms with E-state index in [9.17, 15) is 17.2 Å². The lowest BCUT2D eigenvalue weighted by atomic mass is 10.1. The molecule has 0 fully saturated rings. The van der Waals surface area contributed by atoms with Gasteiger partial charge in [0.1, 0.15) is 16.5 Å². The summed E-state index contributed by atoms with van der Waals surface area (Å²) in [5.74, 6) is -2.12. The van der Waals surface area contributed by atoms with Crippen molar-refractivity contribution in [2.75, 3.05) is 12.3 Å². The van der Waals surface area contributed by atoms with E-state index in [1.807, 2.05) is 13.8 Å². The maximum Gasteiger partial charge on any atom is 0.243 e. The summed E-state index contributed by atoms with van der Waals surface area (Å²) < 4.78 is 52.8.